The van der Waals surface area contributed by atoms with Crippen molar-refractivity contribution in [3.8, 4) is 5.75 Å². The number of hydrogen-bond donors (Lipinski definition) is 0. The average molecular weight is 566 g/mol. The SMILES string of the molecule is Cc1ccc2n1CCN(C(=O)Cc1ccc(OCCC3CC3C3CCN(c4ncc(Cl)cn4)CC3)cc1F)C2C. The molecule has 3 aliphatic rings. The molecule has 212 valence electrons. The van der Waals surface area contributed by atoms with Crippen molar-refractivity contribution in [2.24, 2.45) is 17.8 Å². The molecule has 0 spiro atoms. The Hall–Kier alpha value is -3.13. The Morgan fingerprint density at radius 2 is 1.88 bits per heavy atom. The van der Waals surface area contributed by atoms with Crippen molar-refractivity contribution in [2.45, 2.75) is 58.5 Å². The van der Waals surface area contributed by atoms with Crippen LogP contribution in [0.5, 0.6) is 5.75 Å². The Labute approximate surface area is 240 Å². The third-order valence-corrected chi connectivity index (χ3v) is 9.34. The molecule has 3 atom stereocenters. The first kappa shape index (κ1) is 27.1. The number of hydrogen-bond acceptors (Lipinski definition) is 5. The summed E-state index contributed by atoms with van der Waals surface area (Å²) < 4.78 is 23.1. The Balaban J connectivity index is 0.937. The first-order valence-electron chi connectivity index (χ1n) is 14.5. The molecule has 0 bridgehead atoms. The van der Waals surface area contributed by atoms with Gasteiger partial charge >= 0.3 is 0 Å². The molecule has 2 aliphatic heterocycles. The molecule has 2 aromatic heterocycles. The van der Waals surface area contributed by atoms with Gasteiger partial charge in [0.2, 0.25) is 11.9 Å². The number of fused-ring (bicyclic) bond motifs is 1. The van der Waals surface area contributed by atoms with Crippen LogP contribution >= 0.6 is 11.6 Å². The summed E-state index contributed by atoms with van der Waals surface area (Å²) in [6.45, 7) is 8.08. The van der Waals surface area contributed by atoms with Crippen molar-refractivity contribution in [2.75, 3.05) is 31.1 Å². The molecule has 2 fully saturated rings. The minimum atomic E-state index is -0.379. The molecule has 1 aromatic carbocycles. The fourth-order valence-electron chi connectivity index (χ4n) is 6.69. The number of carbonyl (C=O) groups is 1. The van der Waals surface area contributed by atoms with Gasteiger partial charge in [-0.15, -0.1) is 0 Å². The molecule has 6 rings (SSSR count). The maximum Gasteiger partial charge on any atom is 0.227 e. The van der Waals surface area contributed by atoms with Crippen LogP contribution in [-0.4, -0.2) is 51.6 Å². The molecule has 3 aromatic rings. The second-order valence-electron chi connectivity index (χ2n) is 11.6. The monoisotopic (exact) mass is 565 g/mol. The zero-order valence-electron chi connectivity index (χ0n) is 23.2. The summed E-state index contributed by atoms with van der Waals surface area (Å²) in [6.07, 6.45) is 7.91. The van der Waals surface area contributed by atoms with Crippen molar-refractivity contribution in [3.05, 3.63) is 70.5 Å². The Kier molecular flexibility index (Phi) is 7.71. The van der Waals surface area contributed by atoms with Gasteiger partial charge in [-0.3, -0.25) is 4.79 Å². The van der Waals surface area contributed by atoms with Gasteiger partial charge in [-0.25, -0.2) is 14.4 Å². The fraction of sp³-hybridized carbons (Fsp3) is 0.516. The predicted octanol–water partition coefficient (Wildman–Crippen LogP) is 5.85. The van der Waals surface area contributed by atoms with Gasteiger partial charge in [-0.1, -0.05) is 17.7 Å². The molecule has 9 heteroatoms. The highest BCUT2D eigenvalue weighted by Crippen LogP contribution is 2.50. The van der Waals surface area contributed by atoms with Gasteiger partial charge in [-0.05, 0) is 81.0 Å². The largest absolute Gasteiger partial charge is 0.493 e. The van der Waals surface area contributed by atoms with Gasteiger partial charge in [0.15, 0.2) is 0 Å². The molecule has 7 nitrogen and oxygen atoms in total. The molecule has 4 heterocycles. The number of amides is 1. The second-order valence-corrected chi connectivity index (χ2v) is 12.0. The van der Waals surface area contributed by atoms with E-state index in [9.17, 15) is 9.18 Å². The number of aryl methyl sites for hydroxylation is 1. The summed E-state index contributed by atoms with van der Waals surface area (Å²) in [7, 11) is 0. The lowest BCUT2D eigenvalue weighted by Crippen LogP contribution is -2.41. The molecular formula is C31H37ClFN5O2. The smallest absolute Gasteiger partial charge is 0.227 e. The maximum absolute atomic E-state index is 14.9. The van der Waals surface area contributed by atoms with E-state index in [0.717, 1.165) is 62.4 Å². The zero-order valence-corrected chi connectivity index (χ0v) is 24.0. The molecule has 0 N–H and O–H groups in total. The zero-order chi connectivity index (χ0) is 27.8. The van der Waals surface area contributed by atoms with E-state index < -0.39 is 0 Å². The maximum atomic E-state index is 14.9. The van der Waals surface area contributed by atoms with Crippen LogP contribution in [0.25, 0.3) is 0 Å². The van der Waals surface area contributed by atoms with Gasteiger partial charge in [0.1, 0.15) is 11.6 Å². The topological polar surface area (TPSA) is 63.5 Å². The summed E-state index contributed by atoms with van der Waals surface area (Å²) in [4.78, 5) is 25.9. The van der Waals surface area contributed by atoms with Gasteiger partial charge in [-0.2, -0.15) is 0 Å². The van der Waals surface area contributed by atoms with Crippen LogP contribution in [0.15, 0.2) is 42.7 Å². The van der Waals surface area contributed by atoms with Crippen molar-refractivity contribution in [3.63, 3.8) is 0 Å². The lowest BCUT2D eigenvalue weighted by molar-refractivity contribution is -0.133. The lowest BCUT2D eigenvalue weighted by Gasteiger charge is -2.35. The van der Waals surface area contributed by atoms with Crippen LogP contribution in [0.2, 0.25) is 5.02 Å². The van der Waals surface area contributed by atoms with E-state index in [1.54, 1.807) is 24.5 Å². The minimum Gasteiger partial charge on any atom is -0.493 e. The minimum absolute atomic E-state index is 0.0167. The Morgan fingerprint density at radius 1 is 1.10 bits per heavy atom. The molecule has 0 radical (unpaired) electrons. The Bertz CT molecular complexity index is 1350. The van der Waals surface area contributed by atoms with Crippen LogP contribution < -0.4 is 9.64 Å². The van der Waals surface area contributed by atoms with E-state index in [1.165, 1.54) is 18.2 Å². The fourth-order valence-corrected chi connectivity index (χ4v) is 6.79. The number of benzene rings is 1. The van der Waals surface area contributed by atoms with Gasteiger partial charge in [0.05, 0.1) is 36.5 Å². The molecule has 1 aliphatic carbocycles. The van der Waals surface area contributed by atoms with Gasteiger partial charge < -0.3 is 19.1 Å². The number of ether oxygens (including phenoxy) is 1. The van der Waals surface area contributed by atoms with Crippen molar-refractivity contribution in [1.29, 1.82) is 0 Å². The van der Waals surface area contributed by atoms with Crippen molar-refractivity contribution in [1.82, 2.24) is 19.4 Å². The van der Waals surface area contributed by atoms with E-state index in [-0.39, 0.29) is 24.2 Å². The predicted molar refractivity (Wildman–Crippen MR) is 153 cm³/mol. The number of rotatable bonds is 8. The first-order chi connectivity index (χ1) is 19.4. The number of nitrogens with zero attached hydrogens (tertiary/aromatic N) is 5. The van der Waals surface area contributed by atoms with E-state index in [0.29, 0.717) is 35.4 Å². The highest BCUT2D eigenvalue weighted by Gasteiger charge is 2.43. The van der Waals surface area contributed by atoms with Crippen LogP contribution in [-0.2, 0) is 17.8 Å². The normalized spacial score (nSPS) is 22.8. The Morgan fingerprint density at radius 3 is 2.62 bits per heavy atom. The highest BCUT2D eigenvalue weighted by molar-refractivity contribution is 6.30. The molecule has 1 saturated carbocycles. The van der Waals surface area contributed by atoms with Gasteiger partial charge in [0.25, 0.3) is 0 Å². The third-order valence-electron chi connectivity index (χ3n) is 9.15. The van der Waals surface area contributed by atoms with Crippen molar-refractivity contribution >= 4 is 23.5 Å². The number of carbonyl (C=O) groups excluding carboxylic acids is 1. The number of aromatic nitrogens is 3. The quantitative estimate of drug-likeness (QED) is 0.343. The van der Waals surface area contributed by atoms with Crippen LogP contribution in [0, 0.1) is 30.5 Å². The summed E-state index contributed by atoms with van der Waals surface area (Å²) in [6, 6.07) is 9.06. The molecule has 40 heavy (non-hydrogen) atoms. The summed E-state index contributed by atoms with van der Waals surface area (Å²) >= 11 is 5.91. The number of halogens is 2. The second kappa shape index (κ2) is 11.4. The first-order valence-corrected chi connectivity index (χ1v) is 14.8. The van der Waals surface area contributed by atoms with Crippen LogP contribution in [0.4, 0.5) is 10.3 Å². The summed E-state index contributed by atoms with van der Waals surface area (Å²) in [5.74, 6) is 3.04. The molecule has 1 saturated heterocycles. The molecule has 3 unspecified atom stereocenters. The lowest BCUT2D eigenvalue weighted by atomic mass is 9.90. The van der Waals surface area contributed by atoms with Crippen LogP contribution in [0.3, 0.4) is 0 Å². The molecular weight excluding hydrogens is 529 g/mol. The van der Waals surface area contributed by atoms with Crippen molar-refractivity contribution < 1.29 is 13.9 Å². The van der Waals surface area contributed by atoms with Crippen LogP contribution in [0.1, 0.15) is 55.6 Å². The van der Waals surface area contributed by atoms with E-state index in [2.05, 4.69) is 38.5 Å². The standard InChI is InChI=1S/C31H37ClFN5O2/c1-20-3-6-29-21(2)38(13-12-37(20)29)30(39)16-24-4-5-26(17-28(24)33)40-14-9-23-15-27(23)22-7-10-36(11-8-22)31-34-18-25(32)19-35-31/h3-6,17-19,21-23,27H,7-16H2,1-2H3. The molecule has 1 amide bonds. The number of piperidine rings is 1. The highest BCUT2D eigenvalue weighted by atomic mass is 35.5. The summed E-state index contributed by atoms with van der Waals surface area (Å²) in [5, 5.41) is 0.560. The summed E-state index contributed by atoms with van der Waals surface area (Å²) in [5.41, 5.74) is 2.76. The third kappa shape index (κ3) is 5.69. The average Bonchev–Trinajstić information content (AvgIpc) is 3.63. The number of anilines is 1. The van der Waals surface area contributed by atoms with E-state index >= 15 is 0 Å². The van der Waals surface area contributed by atoms with Gasteiger partial charge in [0, 0.05) is 43.6 Å². The van der Waals surface area contributed by atoms with E-state index in [4.69, 9.17) is 16.3 Å². The van der Waals surface area contributed by atoms with E-state index in [1.807, 2.05) is 11.8 Å².